The van der Waals surface area contributed by atoms with E-state index in [0.717, 1.165) is 25.7 Å². The summed E-state index contributed by atoms with van der Waals surface area (Å²) < 4.78 is 12.4. The molecule has 0 aromatic carbocycles. The molecular formula is C28H44N2O6. The smallest absolute Gasteiger partial charge is 0.312 e. The van der Waals surface area contributed by atoms with Crippen molar-refractivity contribution in [3.8, 4) is 0 Å². The summed E-state index contributed by atoms with van der Waals surface area (Å²) >= 11 is 0. The normalized spacial score (nSPS) is 31.3. The first-order chi connectivity index (χ1) is 17.3. The summed E-state index contributed by atoms with van der Waals surface area (Å²) in [5.41, 5.74) is -1.93. The molecule has 2 bridgehead atoms. The van der Waals surface area contributed by atoms with Gasteiger partial charge in [0.1, 0.15) is 17.6 Å². The van der Waals surface area contributed by atoms with Crippen molar-refractivity contribution in [3.63, 3.8) is 0 Å². The second-order valence-corrected chi connectivity index (χ2v) is 10.5. The summed E-state index contributed by atoms with van der Waals surface area (Å²) in [6.45, 7) is 14.2. The van der Waals surface area contributed by atoms with Gasteiger partial charge in [-0.15, -0.1) is 13.2 Å². The molecule has 3 rings (SSSR count). The minimum absolute atomic E-state index is 0.200. The van der Waals surface area contributed by atoms with Crippen LogP contribution in [0.4, 0.5) is 0 Å². The first-order valence-corrected chi connectivity index (χ1v) is 13.6. The zero-order valence-corrected chi connectivity index (χ0v) is 22.2. The Morgan fingerprint density at radius 1 is 1.25 bits per heavy atom. The number of fused-ring (bicyclic) bond motifs is 1. The summed E-state index contributed by atoms with van der Waals surface area (Å²) in [7, 11) is 0. The highest BCUT2D eigenvalue weighted by Gasteiger charge is 2.79. The molecule has 3 saturated heterocycles. The first-order valence-electron chi connectivity index (χ1n) is 13.6. The molecule has 2 unspecified atom stereocenters. The van der Waals surface area contributed by atoms with Crippen molar-refractivity contribution in [1.82, 2.24) is 9.80 Å². The van der Waals surface area contributed by atoms with E-state index in [2.05, 4.69) is 20.1 Å². The van der Waals surface area contributed by atoms with Gasteiger partial charge in [0.05, 0.1) is 30.8 Å². The van der Waals surface area contributed by atoms with Crippen LogP contribution in [0.3, 0.4) is 0 Å². The molecule has 202 valence electrons. The van der Waals surface area contributed by atoms with E-state index in [9.17, 15) is 19.5 Å². The third-order valence-electron chi connectivity index (χ3n) is 8.34. The molecule has 8 heteroatoms. The van der Waals surface area contributed by atoms with Gasteiger partial charge in [-0.2, -0.15) is 0 Å². The number of amides is 2. The van der Waals surface area contributed by atoms with Crippen molar-refractivity contribution in [1.29, 1.82) is 0 Å². The number of aliphatic hydroxyl groups is 1. The van der Waals surface area contributed by atoms with Crippen LogP contribution in [-0.4, -0.2) is 82.3 Å². The number of aliphatic hydroxyl groups excluding tert-OH is 1. The van der Waals surface area contributed by atoms with Crippen molar-refractivity contribution in [3.05, 3.63) is 25.3 Å². The molecule has 3 aliphatic heterocycles. The third-order valence-corrected chi connectivity index (χ3v) is 8.34. The van der Waals surface area contributed by atoms with Crippen molar-refractivity contribution in [2.75, 3.05) is 26.3 Å². The monoisotopic (exact) mass is 504 g/mol. The van der Waals surface area contributed by atoms with Crippen LogP contribution in [0, 0.1) is 11.8 Å². The Morgan fingerprint density at radius 2 is 2.00 bits per heavy atom. The molecule has 3 aliphatic rings. The maximum absolute atomic E-state index is 14.1. The summed E-state index contributed by atoms with van der Waals surface area (Å²) in [5.74, 6) is -2.51. The summed E-state index contributed by atoms with van der Waals surface area (Å²) in [5, 5.41) is 10.0. The molecule has 2 amide bonds. The summed E-state index contributed by atoms with van der Waals surface area (Å²) in [6.07, 6.45) is 9.37. The van der Waals surface area contributed by atoms with E-state index in [-0.39, 0.29) is 25.0 Å². The lowest BCUT2D eigenvalue weighted by Gasteiger charge is -2.38. The molecule has 0 radical (unpaired) electrons. The Morgan fingerprint density at radius 3 is 2.61 bits per heavy atom. The number of carbonyl (C=O) groups is 3. The van der Waals surface area contributed by atoms with Gasteiger partial charge < -0.3 is 24.4 Å². The lowest BCUT2D eigenvalue weighted by Crippen LogP contribution is -2.58. The number of esters is 1. The Hall–Kier alpha value is -2.19. The topological polar surface area (TPSA) is 96.4 Å². The molecule has 0 aromatic rings. The average Bonchev–Trinajstić information content (AvgIpc) is 3.49. The number of likely N-dealkylation sites (tertiary alicyclic amines) is 1. The van der Waals surface area contributed by atoms with Gasteiger partial charge >= 0.3 is 5.97 Å². The van der Waals surface area contributed by atoms with E-state index < -0.39 is 41.1 Å². The van der Waals surface area contributed by atoms with Crippen LogP contribution in [0.1, 0.15) is 72.1 Å². The lowest BCUT2D eigenvalue weighted by atomic mass is 9.65. The number of ether oxygens (including phenoxy) is 2. The number of rotatable bonds is 15. The van der Waals surface area contributed by atoms with Crippen molar-refractivity contribution in [2.24, 2.45) is 11.8 Å². The van der Waals surface area contributed by atoms with E-state index >= 15 is 0 Å². The number of nitrogens with zero attached hydrogens (tertiary/aromatic N) is 2. The Kier molecular flexibility index (Phi) is 9.39. The number of unbranched alkanes of at least 4 members (excludes halogenated alkanes) is 3. The average molecular weight is 505 g/mol. The molecule has 3 fully saturated rings. The number of carbonyl (C=O) groups excluding carboxylic acids is 3. The Bertz CT molecular complexity index is 846. The molecule has 6 atom stereocenters. The second kappa shape index (κ2) is 11.9. The minimum atomic E-state index is -1.11. The van der Waals surface area contributed by atoms with E-state index in [1.165, 1.54) is 4.90 Å². The van der Waals surface area contributed by atoms with Crippen LogP contribution in [0.15, 0.2) is 25.3 Å². The molecule has 0 saturated carbocycles. The van der Waals surface area contributed by atoms with Gasteiger partial charge in [0.2, 0.25) is 11.8 Å². The SMILES string of the molecule is C=CCCCOC(=O)[C@H]1[C@H]2C(=O)N([C@H](C)CO)C(C(=O)N(CC=C)CCCCC)C23CC[C@]1(CC)O3. The van der Waals surface area contributed by atoms with Gasteiger partial charge in [-0.25, -0.2) is 0 Å². The minimum Gasteiger partial charge on any atom is -0.465 e. The quantitative estimate of drug-likeness (QED) is 0.209. The fraction of sp³-hybridized carbons (Fsp3) is 0.750. The Balaban J connectivity index is 2.00. The molecule has 1 spiro atoms. The highest BCUT2D eigenvalue weighted by Crippen LogP contribution is 2.64. The zero-order valence-electron chi connectivity index (χ0n) is 22.2. The fourth-order valence-corrected chi connectivity index (χ4v) is 6.52. The standard InChI is InChI=1S/C28H44N2O6/c1-6-10-12-17-29(16-8-3)25(33)23-28-15-14-27(9-4,36-28)22(26(34)35-18-13-11-7-2)21(28)24(32)30(23)20(5)19-31/h7-8,20-23,31H,2-3,6,9-19H2,1,4-5H3/t20-,21+,22-,23?,27+,28?/m1/s1. The molecule has 3 heterocycles. The third kappa shape index (κ3) is 4.74. The first kappa shape index (κ1) is 28.4. The second-order valence-electron chi connectivity index (χ2n) is 10.5. The van der Waals surface area contributed by atoms with Gasteiger partial charge in [0, 0.05) is 13.1 Å². The number of hydrogen-bond donors (Lipinski definition) is 1. The number of allylic oxidation sites excluding steroid dienone is 1. The van der Waals surface area contributed by atoms with Crippen LogP contribution in [-0.2, 0) is 23.9 Å². The van der Waals surface area contributed by atoms with Gasteiger partial charge in [-0.1, -0.05) is 38.8 Å². The van der Waals surface area contributed by atoms with Gasteiger partial charge in [-0.05, 0) is 45.4 Å². The van der Waals surface area contributed by atoms with Crippen LogP contribution in [0.2, 0.25) is 0 Å². The molecule has 0 aliphatic carbocycles. The van der Waals surface area contributed by atoms with Crippen LogP contribution in [0.5, 0.6) is 0 Å². The largest absolute Gasteiger partial charge is 0.465 e. The van der Waals surface area contributed by atoms with Crippen molar-refractivity contribution < 1.29 is 29.0 Å². The maximum atomic E-state index is 14.1. The van der Waals surface area contributed by atoms with Gasteiger partial charge in [0.25, 0.3) is 0 Å². The van der Waals surface area contributed by atoms with Crippen molar-refractivity contribution in [2.45, 2.75) is 95.4 Å². The highest BCUT2D eigenvalue weighted by atomic mass is 16.6. The molecule has 1 N–H and O–H groups in total. The summed E-state index contributed by atoms with van der Waals surface area (Å²) in [4.78, 5) is 44.8. The Labute approximate surface area is 215 Å². The van der Waals surface area contributed by atoms with E-state index in [1.54, 1.807) is 24.0 Å². The molecule has 8 nitrogen and oxygen atoms in total. The molecule has 36 heavy (non-hydrogen) atoms. The molecule has 0 aromatic heterocycles. The lowest BCUT2D eigenvalue weighted by molar-refractivity contribution is -0.163. The van der Waals surface area contributed by atoms with Crippen LogP contribution >= 0.6 is 0 Å². The summed E-state index contributed by atoms with van der Waals surface area (Å²) in [6, 6.07) is -1.48. The van der Waals surface area contributed by atoms with Gasteiger partial charge in [0.15, 0.2) is 0 Å². The zero-order chi connectivity index (χ0) is 26.5. The highest BCUT2D eigenvalue weighted by molar-refractivity contribution is 5.98. The maximum Gasteiger partial charge on any atom is 0.312 e. The van der Waals surface area contributed by atoms with E-state index in [0.29, 0.717) is 38.8 Å². The van der Waals surface area contributed by atoms with E-state index in [4.69, 9.17) is 9.47 Å². The van der Waals surface area contributed by atoms with E-state index in [1.807, 2.05) is 6.92 Å². The molecular weight excluding hydrogens is 460 g/mol. The predicted molar refractivity (Wildman–Crippen MR) is 137 cm³/mol. The van der Waals surface area contributed by atoms with Gasteiger partial charge in [-0.3, -0.25) is 14.4 Å². The fourth-order valence-electron chi connectivity index (χ4n) is 6.52. The van der Waals surface area contributed by atoms with Crippen LogP contribution < -0.4 is 0 Å². The van der Waals surface area contributed by atoms with Crippen molar-refractivity contribution >= 4 is 17.8 Å². The number of hydrogen-bond acceptors (Lipinski definition) is 6. The van der Waals surface area contributed by atoms with Crippen LogP contribution in [0.25, 0.3) is 0 Å². The predicted octanol–water partition coefficient (Wildman–Crippen LogP) is 3.24.